The molecule has 0 radical (unpaired) electrons. The topological polar surface area (TPSA) is 9.86 Å². The van der Waals surface area contributed by atoms with Crippen LogP contribution in [0.3, 0.4) is 0 Å². The Morgan fingerprint density at radius 2 is 0.673 bits per heavy atom. The maximum Gasteiger partial charge on any atom is 0.0541 e. The van der Waals surface area contributed by atoms with E-state index in [1.807, 2.05) is 0 Å². The molecule has 0 aliphatic rings. The summed E-state index contributed by atoms with van der Waals surface area (Å²) in [6, 6.07) is 71.0. The van der Waals surface area contributed by atoms with Gasteiger partial charge in [-0.3, -0.25) is 0 Å². The van der Waals surface area contributed by atoms with Crippen LogP contribution in [-0.2, 0) is 0 Å². The summed E-state index contributed by atoms with van der Waals surface area (Å²) in [5.41, 5.74) is 12.1. The Bertz CT molecular complexity index is 3050. The number of rotatable bonds is 4. The predicted octanol–water partition coefficient (Wildman–Crippen LogP) is 13.5. The molecule has 2 heterocycles. The molecule has 11 rings (SSSR count). The molecule has 0 fully saturated rings. The van der Waals surface area contributed by atoms with Gasteiger partial charge in [-0.25, -0.2) is 0 Å². The van der Waals surface area contributed by atoms with Gasteiger partial charge in [0.25, 0.3) is 0 Å². The van der Waals surface area contributed by atoms with Gasteiger partial charge < -0.3 is 9.13 Å². The SMILES string of the molecule is c1cc(-c2ccc(-n3c4ccccc4c4ccccc43)cc2)c2ccc3ccc(-c4ccc(-n5c6ccccc6c6ccccc65)cc4)cc3c2c1. The van der Waals surface area contributed by atoms with E-state index in [0.717, 1.165) is 0 Å². The third-order valence-corrected chi connectivity index (χ3v) is 10.9. The number of para-hydroxylation sites is 4. The molecule has 0 N–H and O–H groups in total. The predicted molar refractivity (Wildman–Crippen MR) is 221 cm³/mol. The molecule has 0 saturated carbocycles. The second kappa shape index (κ2) is 11.3. The van der Waals surface area contributed by atoms with Crippen LogP contribution < -0.4 is 0 Å². The zero-order valence-electron chi connectivity index (χ0n) is 28.4. The second-order valence-corrected chi connectivity index (χ2v) is 13.7. The number of aromatic nitrogens is 2. The summed E-state index contributed by atoms with van der Waals surface area (Å²) in [6.07, 6.45) is 0. The number of nitrogens with zero attached hydrogens (tertiary/aromatic N) is 2. The van der Waals surface area contributed by atoms with Gasteiger partial charge in [0.1, 0.15) is 0 Å². The standard InChI is InChI=1S/C50H32N2/c1-5-16-47-42(10-1)43-11-2-6-17-48(43)51(47)37-27-22-33(23-28-37)36-21-20-35-26-31-41-39(14-9-15-40(41)46(35)32-36)34-24-29-38(30-25-34)52-49-18-7-3-12-44(49)45-13-4-8-19-50(45)52/h1-32H. The van der Waals surface area contributed by atoms with Crippen molar-refractivity contribution in [1.29, 1.82) is 0 Å². The summed E-state index contributed by atoms with van der Waals surface area (Å²) in [4.78, 5) is 0. The molecule has 0 bridgehead atoms. The monoisotopic (exact) mass is 660 g/mol. The normalized spacial score (nSPS) is 11.8. The van der Waals surface area contributed by atoms with E-state index in [1.54, 1.807) is 0 Å². The molecule has 11 aromatic rings. The second-order valence-electron chi connectivity index (χ2n) is 13.7. The van der Waals surface area contributed by atoms with E-state index in [4.69, 9.17) is 0 Å². The fraction of sp³-hybridized carbons (Fsp3) is 0. The van der Waals surface area contributed by atoms with Crippen LogP contribution in [0.4, 0.5) is 0 Å². The van der Waals surface area contributed by atoms with Crippen molar-refractivity contribution >= 4 is 65.2 Å². The molecule has 0 aliphatic heterocycles. The van der Waals surface area contributed by atoms with Crippen LogP contribution in [0.2, 0.25) is 0 Å². The van der Waals surface area contributed by atoms with Gasteiger partial charge in [-0.2, -0.15) is 0 Å². The lowest BCUT2D eigenvalue weighted by atomic mass is 9.93. The molecular formula is C50H32N2. The van der Waals surface area contributed by atoms with Crippen LogP contribution in [-0.4, -0.2) is 9.13 Å². The molecule has 0 amide bonds. The third kappa shape index (κ3) is 4.31. The van der Waals surface area contributed by atoms with E-state index in [2.05, 4.69) is 203 Å². The molecule has 0 saturated heterocycles. The highest BCUT2D eigenvalue weighted by molar-refractivity contribution is 6.13. The first-order valence-electron chi connectivity index (χ1n) is 17.9. The van der Waals surface area contributed by atoms with Crippen molar-refractivity contribution in [2.45, 2.75) is 0 Å². The van der Waals surface area contributed by atoms with Crippen LogP contribution in [0.1, 0.15) is 0 Å². The lowest BCUT2D eigenvalue weighted by molar-refractivity contribution is 1.18. The molecule has 0 unspecified atom stereocenters. The summed E-state index contributed by atoms with van der Waals surface area (Å²) in [5.74, 6) is 0. The van der Waals surface area contributed by atoms with E-state index >= 15 is 0 Å². The summed E-state index contributed by atoms with van der Waals surface area (Å²) in [6.45, 7) is 0. The van der Waals surface area contributed by atoms with Crippen molar-refractivity contribution < 1.29 is 0 Å². The lowest BCUT2D eigenvalue weighted by Gasteiger charge is -2.13. The van der Waals surface area contributed by atoms with E-state index in [1.165, 1.54) is 98.8 Å². The molecule has 2 nitrogen and oxygen atoms in total. The minimum atomic E-state index is 1.17. The largest absolute Gasteiger partial charge is 0.309 e. The van der Waals surface area contributed by atoms with Gasteiger partial charge in [-0.1, -0.05) is 140 Å². The maximum absolute atomic E-state index is 2.38. The van der Waals surface area contributed by atoms with Crippen molar-refractivity contribution in [2.75, 3.05) is 0 Å². The summed E-state index contributed by atoms with van der Waals surface area (Å²) >= 11 is 0. The van der Waals surface area contributed by atoms with Crippen LogP contribution in [0.15, 0.2) is 194 Å². The van der Waals surface area contributed by atoms with Gasteiger partial charge in [-0.15, -0.1) is 0 Å². The Balaban J connectivity index is 0.979. The number of hydrogen-bond acceptors (Lipinski definition) is 0. The molecule has 2 aromatic heterocycles. The van der Waals surface area contributed by atoms with Gasteiger partial charge in [0.2, 0.25) is 0 Å². The molecular weight excluding hydrogens is 629 g/mol. The van der Waals surface area contributed by atoms with Gasteiger partial charge in [0.05, 0.1) is 22.1 Å². The smallest absolute Gasteiger partial charge is 0.0541 e. The first-order valence-corrected chi connectivity index (χ1v) is 17.9. The van der Waals surface area contributed by atoms with Crippen molar-refractivity contribution in [2.24, 2.45) is 0 Å². The first kappa shape index (κ1) is 28.9. The number of fused-ring (bicyclic) bond motifs is 9. The van der Waals surface area contributed by atoms with E-state index < -0.39 is 0 Å². The molecule has 0 atom stereocenters. The van der Waals surface area contributed by atoms with Crippen molar-refractivity contribution in [3.05, 3.63) is 194 Å². The Morgan fingerprint density at radius 3 is 1.19 bits per heavy atom. The lowest BCUT2D eigenvalue weighted by Crippen LogP contribution is -1.93. The van der Waals surface area contributed by atoms with Crippen LogP contribution in [0.5, 0.6) is 0 Å². The third-order valence-electron chi connectivity index (χ3n) is 10.9. The zero-order valence-corrected chi connectivity index (χ0v) is 28.4. The minimum Gasteiger partial charge on any atom is -0.309 e. The average Bonchev–Trinajstić information content (AvgIpc) is 3.74. The Labute approximate surface area is 301 Å². The quantitative estimate of drug-likeness (QED) is 0.166. The van der Waals surface area contributed by atoms with Crippen molar-refractivity contribution in [3.8, 4) is 33.6 Å². The van der Waals surface area contributed by atoms with Crippen LogP contribution in [0, 0.1) is 0 Å². The van der Waals surface area contributed by atoms with E-state index in [-0.39, 0.29) is 0 Å². The number of hydrogen-bond donors (Lipinski definition) is 0. The molecule has 242 valence electrons. The zero-order chi connectivity index (χ0) is 34.2. The highest BCUT2D eigenvalue weighted by atomic mass is 15.0. The van der Waals surface area contributed by atoms with E-state index in [9.17, 15) is 0 Å². The fourth-order valence-electron chi connectivity index (χ4n) is 8.51. The maximum atomic E-state index is 2.38. The molecule has 0 spiro atoms. The molecule has 0 aliphatic carbocycles. The average molecular weight is 661 g/mol. The van der Waals surface area contributed by atoms with Gasteiger partial charge in [0.15, 0.2) is 0 Å². The van der Waals surface area contributed by atoms with Gasteiger partial charge in [0, 0.05) is 32.9 Å². The van der Waals surface area contributed by atoms with Crippen LogP contribution >= 0.6 is 0 Å². The Hall–Kier alpha value is -6.90. The number of benzene rings is 9. The van der Waals surface area contributed by atoms with E-state index in [0.29, 0.717) is 0 Å². The Kier molecular flexibility index (Phi) is 6.28. The summed E-state index contributed by atoms with van der Waals surface area (Å²) in [7, 11) is 0. The molecule has 9 aromatic carbocycles. The molecule has 2 heteroatoms. The summed E-state index contributed by atoms with van der Waals surface area (Å²) in [5, 5.41) is 10.2. The fourth-order valence-corrected chi connectivity index (χ4v) is 8.51. The van der Waals surface area contributed by atoms with Gasteiger partial charge >= 0.3 is 0 Å². The first-order chi connectivity index (χ1) is 25.8. The van der Waals surface area contributed by atoms with Crippen molar-refractivity contribution in [1.82, 2.24) is 9.13 Å². The van der Waals surface area contributed by atoms with Gasteiger partial charge in [-0.05, 0) is 98.4 Å². The highest BCUT2D eigenvalue weighted by Gasteiger charge is 2.14. The Morgan fingerprint density at radius 1 is 0.250 bits per heavy atom. The molecule has 52 heavy (non-hydrogen) atoms. The minimum absolute atomic E-state index is 1.17. The van der Waals surface area contributed by atoms with Crippen molar-refractivity contribution in [3.63, 3.8) is 0 Å². The highest BCUT2D eigenvalue weighted by Crippen LogP contribution is 2.38. The summed E-state index contributed by atoms with van der Waals surface area (Å²) < 4.78 is 4.75. The van der Waals surface area contributed by atoms with Crippen LogP contribution in [0.25, 0.3) is 98.8 Å².